The normalized spacial score (nSPS) is 10.1. The highest BCUT2D eigenvalue weighted by molar-refractivity contribution is 7.99. The molecule has 0 aromatic heterocycles. The van der Waals surface area contributed by atoms with E-state index in [4.69, 9.17) is 11.5 Å². The SMILES string of the molecule is Nc1ccc(Sc2ccccc2)cc1N. The molecule has 0 spiro atoms. The van der Waals surface area contributed by atoms with Gasteiger partial charge in [-0.15, -0.1) is 0 Å². The Balaban J connectivity index is 2.22. The summed E-state index contributed by atoms with van der Waals surface area (Å²) in [6.45, 7) is 0. The third-order valence-electron chi connectivity index (χ3n) is 2.04. The fraction of sp³-hybridized carbons (Fsp3) is 0. The summed E-state index contributed by atoms with van der Waals surface area (Å²) in [5, 5.41) is 0. The van der Waals surface area contributed by atoms with Crippen molar-refractivity contribution in [1.29, 1.82) is 0 Å². The van der Waals surface area contributed by atoms with Crippen LogP contribution in [0.25, 0.3) is 0 Å². The zero-order valence-electron chi connectivity index (χ0n) is 8.18. The molecule has 0 aliphatic rings. The molecule has 2 aromatic carbocycles. The Morgan fingerprint density at radius 1 is 0.733 bits per heavy atom. The molecule has 0 aliphatic carbocycles. The molecule has 2 nitrogen and oxygen atoms in total. The van der Waals surface area contributed by atoms with Gasteiger partial charge in [0.05, 0.1) is 11.4 Å². The van der Waals surface area contributed by atoms with Gasteiger partial charge in [0.1, 0.15) is 0 Å². The van der Waals surface area contributed by atoms with Crippen molar-refractivity contribution >= 4 is 23.1 Å². The van der Waals surface area contributed by atoms with Gasteiger partial charge in [0.15, 0.2) is 0 Å². The highest BCUT2D eigenvalue weighted by atomic mass is 32.2. The maximum Gasteiger partial charge on any atom is 0.0559 e. The summed E-state index contributed by atoms with van der Waals surface area (Å²) < 4.78 is 0. The monoisotopic (exact) mass is 216 g/mol. The van der Waals surface area contributed by atoms with Gasteiger partial charge in [0, 0.05) is 9.79 Å². The maximum atomic E-state index is 5.74. The Bertz CT molecular complexity index is 454. The number of hydrogen-bond acceptors (Lipinski definition) is 3. The largest absolute Gasteiger partial charge is 0.397 e. The first-order valence-electron chi connectivity index (χ1n) is 4.63. The van der Waals surface area contributed by atoms with Crippen molar-refractivity contribution in [3.05, 3.63) is 48.5 Å². The minimum absolute atomic E-state index is 0.632. The van der Waals surface area contributed by atoms with Crippen molar-refractivity contribution in [3.8, 4) is 0 Å². The molecule has 0 heterocycles. The number of benzene rings is 2. The molecular weight excluding hydrogens is 204 g/mol. The lowest BCUT2D eigenvalue weighted by Crippen LogP contribution is -1.93. The molecular formula is C12H12N2S. The standard InChI is InChI=1S/C12H12N2S/c13-11-7-6-10(8-12(11)14)15-9-4-2-1-3-5-9/h1-8H,13-14H2. The van der Waals surface area contributed by atoms with E-state index in [1.807, 2.05) is 36.4 Å². The number of rotatable bonds is 2. The quantitative estimate of drug-likeness (QED) is 0.759. The van der Waals surface area contributed by atoms with Crippen LogP contribution in [0.5, 0.6) is 0 Å². The summed E-state index contributed by atoms with van der Waals surface area (Å²) >= 11 is 1.67. The second-order valence-corrected chi connectivity index (χ2v) is 4.35. The molecule has 4 N–H and O–H groups in total. The fourth-order valence-electron chi connectivity index (χ4n) is 1.24. The lowest BCUT2D eigenvalue weighted by Gasteiger charge is -2.04. The Morgan fingerprint density at radius 2 is 1.47 bits per heavy atom. The molecule has 2 aromatic rings. The van der Waals surface area contributed by atoms with Crippen LogP contribution >= 0.6 is 11.8 Å². The van der Waals surface area contributed by atoms with E-state index in [2.05, 4.69) is 12.1 Å². The minimum Gasteiger partial charge on any atom is -0.397 e. The third-order valence-corrected chi connectivity index (χ3v) is 3.03. The summed E-state index contributed by atoms with van der Waals surface area (Å²) in [5.41, 5.74) is 12.7. The number of nitrogen functional groups attached to an aromatic ring is 2. The highest BCUT2D eigenvalue weighted by Gasteiger charge is 1.99. The highest BCUT2D eigenvalue weighted by Crippen LogP contribution is 2.30. The van der Waals surface area contributed by atoms with Crippen molar-refractivity contribution in [2.75, 3.05) is 11.5 Å². The number of anilines is 2. The molecule has 0 aliphatic heterocycles. The number of hydrogen-bond donors (Lipinski definition) is 2. The van der Waals surface area contributed by atoms with Crippen molar-refractivity contribution in [2.45, 2.75) is 9.79 Å². The van der Waals surface area contributed by atoms with Crippen LogP contribution in [0.2, 0.25) is 0 Å². The summed E-state index contributed by atoms with van der Waals surface area (Å²) in [6, 6.07) is 15.9. The molecule has 0 amide bonds. The predicted octanol–water partition coefficient (Wildman–Crippen LogP) is 3.00. The van der Waals surface area contributed by atoms with Crippen LogP contribution in [0.4, 0.5) is 11.4 Å². The van der Waals surface area contributed by atoms with E-state index < -0.39 is 0 Å². The van der Waals surface area contributed by atoms with Crippen molar-refractivity contribution < 1.29 is 0 Å². The van der Waals surface area contributed by atoms with Gasteiger partial charge in [-0.2, -0.15) is 0 Å². The average molecular weight is 216 g/mol. The molecule has 0 unspecified atom stereocenters. The Hall–Kier alpha value is -1.61. The summed E-state index contributed by atoms with van der Waals surface area (Å²) in [4.78, 5) is 2.30. The van der Waals surface area contributed by atoms with E-state index in [0.29, 0.717) is 11.4 Å². The van der Waals surface area contributed by atoms with Crippen molar-refractivity contribution in [3.63, 3.8) is 0 Å². The van der Waals surface area contributed by atoms with Crippen LogP contribution in [-0.4, -0.2) is 0 Å². The number of nitrogens with two attached hydrogens (primary N) is 2. The molecule has 76 valence electrons. The molecule has 15 heavy (non-hydrogen) atoms. The first-order valence-corrected chi connectivity index (χ1v) is 5.45. The third kappa shape index (κ3) is 2.44. The Labute approximate surface area is 93.3 Å². The molecule has 3 heteroatoms. The van der Waals surface area contributed by atoms with Gasteiger partial charge < -0.3 is 11.5 Å². The summed E-state index contributed by atoms with van der Waals surface area (Å²) in [7, 11) is 0. The van der Waals surface area contributed by atoms with Gasteiger partial charge in [-0.05, 0) is 30.3 Å². The zero-order valence-corrected chi connectivity index (χ0v) is 9.00. The molecule has 0 bridgehead atoms. The molecule has 0 fully saturated rings. The first-order chi connectivity index (χ1) is 7.25. The van der Waals surface area contributed by atoms with Crippen LogP contribution in [0.1, 0.15) is 0 Å². The summed E-state index contributed by atoms with van der Waals surface area (Å²) in [5.74, 6) is 0. The maximum absolute atomic E-state index is 5.74. The second-order valence-electron chi connectivity index (χ2n) is 3.21. The molecule has 2 rings (SSSR count). The van der Waals surface area contributed by atoms with Gasteiger partial charge >= 0.3 is 0 Å². The van der Waals surface area contributed by atoms with Crippen LogP contribution in [0.3, 0.4) is 0 Å². The van der Waals surface area contributed by atoms with E-state index in [-0.39, 0.29) is 0 Å². The van der Waals surface area contributed by atoms with Gasteiger partial charge in [-0.3, -0.25) is 0 Å². The topological polar surface area (TPSA) is 52.0 Å². The molecule has 0 saturated carbocycles. The Morgan fingerprint density at radius 3 is 2.13 bits per heavy atom. The van der Waals surface area contributed by atoms with Gasteiger partial charge in [-0.1, -0.05) is 30.0 Å². The Kier molecular flexibility index (Phi) is 2.83. The average Bonchev–Trinajstić information content (AvgIpc) is 2.25. The van der Waals surface area contributed by atoms with E-state index in [9.17, 15) is 0 Å². The van der Waals surface area contributed by atoms with Crippen LogP contribution in [-0.2, 0) is 0 Å². The lowest BCUT2D eigenvalue weighted by molar-refractivity contribution is 1.41. The van der Waals surface area contributed by atoms with Gasteiger partial charge in [0.25, 0.3) is 0 Å². The lowest BCUT2D eigenvalue weighted by atomic mass is 10.3. The molecule has 0 atom stereocenters. The second kappa shape index (κ2) is 4.28. The first kappa shape index (κ1) is 9.93. The van der Waals surface area contributed by atoms with E-state index in [1.54, 1.807) is 11.8 Å². The smallest absolute Gasteiger partial charge is 0.0559 e. The van der Waals surface area contributed by atoms with Crippen molar-refractivity contribution in [1.82, 2.24) is 0 Å². The molecule has 0 saturated heterocycles. The minimum atomic E-state index is 0.632. The zero-order chi connectivity index (χ0) is 10.7. The van der Waals surface area contributed by atoms with Crippen molar-refractivity contribution in [2.24, 2.45) is 0 Å². The predicted molar refractivity (Wildman–Crippen MR) is 65.8 cm³/mol. The molecule has 0 radical (unpaired) electrons. The van der Waals surface area contributed by atoms with Crippen LogP contribution in [0.15, 0.2) is 58.3 Å². The van der Waals surface area contributed by atoms with Crippen LogP contribution in [0, 0.1) is 0 Å². The van der Waals surface area contributed by atoms with Crippen LogP contribution < -0.4 is 11.5 Å². The van der Waals surface area contributed by atoms with E-state index >= 15 is 0 Å². The van der Waals surface area contributed by atoms with E-state index in [0.717, 1.165) is 4.90 Å². The fourth-order valence-corrected chi connectivity index (χ4v) is 2.13. The van der Waals surface area contributed by atoms with Gasteiger partial charge in [0.2, 0.25) is 0 Å². The van der Waals surface area contributed by atoms with E-state index in [1.165, 1.54) is 4.90 Å². The summed E-state index contributed by atoms with van der Waals surface area (Å²) in [6.07, 6.45) is 0. The van der Waals surface area contributed by atoms with Gasteiger partial charge in [-0.25, -0.2) is 0 Å².